The average Bonchev–Trinajstić information content (AvgIpc) is 2.38. The highest BCUT2D eigenvalue weighted by Gasteiger charge is 2.33. The lowest BCUT2D eigenvalue weighted by molar-refractivity contribution is -0.0453. The molecule has 0 amide bonds. The van der Waals surface area contributed by atoms with Gasteiger partial charge in [-0.3, -0.25) is 4.98 Å². The Morgan fingerprint density at radius 1 is 1.30 bits per heavy atom. The summed E-state index contributed by atoms with van der Waals surface area (Å²) in [5.41, 5.74) is 0.917. The maximum Gasteiger partial charge on any atom is 0.282 e. The maximum absolute atomic E-state index is 12.6. The van der Waals surface area contributed by atoms with Crippen molar-refractivity contribution in [2.24, 2.45) is 0 Å². The third-order valence-electron chi connectivity index (χ3n) is 3.26. The molecule has 2 unspecified atom stereocenters. The number of morpholine rings is 1. The summed E-state index contributed by atoms with van der Waals surface area (Å²) in [6, 6.07) is 3.63. The van der Waals surface area contributed by atoms with Crippen LogP contribution in [0.2, 0.25) is 0 Å². The standard InChI is InChI=1S/C13H21N3O3S/c1-11-8-16(9-12(2)19-11)20(17,18)15(3)10-13-4-6-14-7-5-13/h4-7,11-12H,8-10H2,1-3H3. The molecule has 0 aliphatic carbocycles. The van der Waals surface area contributed by atoms with Gasteiger partial charge in [0.1, 0.15) is 0 Å². The third kappa shape index (κ3) is 3.54. The van der Waals surface area contributed by atoms with Crippen molar-refractivity contribution >= 4 is 10.2 Å². The first-order chi connectivity index (χ1) is 9.39. The minimum atomic E-state index is -3.46. The van der Waals surface area contributed by atoms with Crippen LogP contribution in [0.4, 0.5) is 0 Å². The Kier molecular flexibility index (Phi) is 4.74. The zero-order chi connectivity index (χ0) is 14.8. The highest BCUT2D eigenvalue weighted by molar-refractivity contribution is 7.86. The van der Waals surface area contributed by atoms with Gasteiger partial charge in [0.15, 0.2) is 0 Å². The Labute approximate surface area is 120 Å². The largest absolute Gasteiger partial charge is 0.373 e. The molecule has 0 spiro atoms. The lowest BCUT2D eigenvalue weighted by Crippen LogP contribution is -2.52. The van der Waals surface area contributed by atoms with E-state index in [0.717, 1.165) is 5.56 Å². The first-order valence-electron chi connectivity index (χ1n) is 6.65. The van der Waals surface area contributed by atoms with E-state index in [4.69, 9.17) is 4.74 Å². The number of pyridine rings is 1. The fourth-order valence-corrected chi connectivity index (χ4v) is 3.85. The molecule has 0 radical (unpaired) electrons. The van der Waals surface area contributed by atoms with E-state index in [0.29, 0.717) is 19.6 Å². The van der Waals surface area contributed by atoms with E-state index in [9.17, 15) is 8.42 Å². The van der Waals surface area contributed by atoms with Crippen molar-refractivity contribution in [3.8, 4) is 0 Å². The zero-order valence-electron chi connectivity index (χ0n) is 12.1. The molecule has 7 heteroatoms. The number of hydrogen-bond donors (Lipinski definition) is 0. The zero-order valence-corrected chi connectivity index (χ0v) is 12.9. The fraction of sp³-hybridized carbons (Fsp3) is 0.615. The van der Waals surface area contributed by atoms with Crippen molar-refractivity contribution in [2.75, 3.05) is 20.1 Å². The van der Waals surface area contributed by atoms with Gasteiger partial charge in [0.05, 0.1) is 12.2 Å². The van der Waals surface area contributed by atoms with Gasteiger partial charge in [-0.05, 0) is 31.5 Å². The van der Waals surface area contributed by atoms with Crippen molar-refractivity contribution in [2.45, 2.75) is 32.6 Å². The molecular formula is C13H21N3O3S. The minimum Gasteiger partial charge on any atom is -0.373 e. The second kappa shape index (κ2) is 6.17. The molecule has 0 aromatic carbocycles. The van der Waals surface area contributed by atoms with Gasteiger partial charge in [-0.1, -0.05) is 0 Å². The summed E-state index contributed by atoms with van der Waals surface area (Å²) in [6.07, 6.45) is 3.16. The molecular weight excluding hydrogens is 278 g/mol. The lowest BCUT2D eigenvalue weighted by atomic mass is 10.3. The molecule has 2 rings (SSSR count). The van der Waals surface area contributed by atoms with E-state index in [1.54, 1.807) is 19.4 Å². The van der Waals surface area contributed by atoms with Gasteiger partial charge in [-0.25, -0.2) is 0 Å². The van der Waals surface area contributed by atoms with Gasteiger partial charge in [0.25, 0.3) is 10.2 Å². The first kappa shape index (κ1) is 15.4. The number of aromatic nitrogens is 1. The van der Waals surface area contributed by atoms with E-state index < -0.39 is 10.2 Å². The van der Waals surface area contributed by atoms with Crippen LogP contribution in [0, 0.1) is 0 Å². The normalized spacial score (nSPS) is 25.0. The van der Waals surface area contributed by atoms with Crippen LogP contribution in [0.1, 0.15) is 19.4 Å². The van der Waals surface area contributed by atoms with Gasteiger partial charge in [0, 0.05) is 39.1 Å². The van der Waals surface area contributed by atoms with Crippen LogP contribution in [0.3, 0.4) is 0 Å². The Balaban J connectivity index is 2.09. The highest BCUT2D eigenvalue weighted by Crippen LogP contribution is 2.17. The van der Waals surface area contributed by atoms with Gasteiger partial charge in [0.2, 0.25) is 0 Å². The maximum atomic E-state index is 12.6. The molecule has 2 atom stereocenters. The van der Waals surface area contributed by atoms with Crippen LogP contribution < -0.4 is 0 Å². The Morgan fingerprint density at radius 3 is 2.40 bits per heavy atom. The summed E-state index contributed by atoms with van der Waals surface area (Å²) >= 11 is 0. The number of hydrogen-bond acceptors (Lipinski definition) is 4. The smallest absolute Gasteiger partial charge is 0.282 e. The monoisotopic (exact) mass is 299 g/mol. The predicted molar refractivity (Wildman–Crippen MR) is 76.2 cm³/mol. The minimum absolute atomic E-state index is 0.0807. The summed E-state index contributed by atoms with van der Waals surface area (Å²) < 4.78 is 33.6. The highest BCUT2D eigenvalue weighted by atomic mass is 32.2. The second-order valence-corrected chi connectivity index (χ2v) is 7.23. The van der Waals surface area contributed by atoms with Crippen molar-refractivity contribution in [1.82, 2.24) is 13.6 Å². The Morgan fingerprint density at radius 2 is 1.85 bits per heavy atom. The van der Waals surface area contributed by atoms with Crippen LogP contribution in [0.5, 0.6) is 0 Å². The van der Waals surface area contributed by atoms with E-state index in [-0.39, 0.29) is 12.2 Å². The van der Waals surface area contributed by atoms with Crippen molar-refractivity contribution in [3.63, 3.8) is 0 Å². The molecule has 1 saturated heterocycles. The van der Waals surface area contributed by atoms with Crippen LogP contribution >= 0.6 is 0 Å². The van der Waals surface area contributed by atoms with Crippen molar-refractivity contribution in [1.29, 1.82) is 0 Å². The molecule has 112 valence electrons. The number of nitrogens with zero attached hydrogens (tertiary/aromatic N) is 3. The summed E-state index contributed by atoms with van der Waals surface area (Å²) in [5, 5.41) is 0. The molecule has 1 aliphatic rings. The summed E-state index contributed by atoms with van der Waals surface area (Å²) in [4.78, 5) is 3.93. The Bertz CT molecular complexity index is 525. The van der Waals surface area contributed by atoms with E-state index in [2.05, 4.69) is 4.98 Å². The molecule has 2 heterocycles. The van der Waals surface area contributed by atoms with E-state index in [1.807, 2.05) is 26.0 Å². The fourth-order valence-electron chi connectivity index (χ4n) is 2.34. The van der Waals surface area contributed by atoms with E-state index >= 15 is 0 Å². The summed E-state index contributed by atoms with van der Waals surface area (Å²) in [7, 11) is -1.86. The molecule has 20 heavy (non-hydrogen) atoms. The molecule has 1 aromatic heterocycles. The molecule has 1 fully saturated rings. The molecule has 1 aliphatic heterocycles. The average molecular weight is 299 g/mol. The molecule has 0 bridgehead atoms. The van der Waals surface area contributed by atoms with E-state index in [1.165, 1.54) is 8.61 Å². The number of ether oxygens (including phenoxy) is 1. The van der Waals surface area contributed by atoms with Crippen LogP contribution in [-0.2, 0) is 21.5 Å². The SMILES string of the molecule is CC1CN(S(=O)(=O)N(C)Cc2ccncc2)CC(C)O1. The van der Waals surface area contributed by atoms with Crippen molar-refractivity contribution < 1.29 is 13.2 Å². The van der Waals surface area contributed by atoms with Crippen LogP contribution in [0.25, 0.3) is 0 Å². The molecule has 1 aromatic rings. The molecule has 0 saturated carbocycles. The topological polar surface area (TPSA) is 62.7 Å². The lowest BCUT2D eigenvalue weighted by Gasteiger charge is -2.36. The predicted octanol–water partition coefficient (Wildman–Crippen LogP) is 0.867. The summed E-state index contributed by atoms with van der Waals surface area (Å²) in [5.74, 6) is 0. The van der Waals surface area contributed by atoms with Gasteiger partial charge >= 0.3 is 0 Å². The van der Waals surface area contributed by atoms with Crippen LogP contribution in [-0.4, -0.2) is 54.4 Å². The summed E-state index contributed by atoms with van der Waals surface area (Å²) in [6.45, 7) is 4.91. The second-order valence-electron chi connectivity index (χ2n) is 5.19. The molecule has 6 nitrogen and oxygen atoms in total. The first-order valence-corrected chi connectivity index (χ1v) is 8.05. The van der Waals surface area contributed by atoms with Crippen molar-refractivity contribution in [3.05, 3.63) is 30.1 Å². The third-order valence-corrected chi connectivity index (χ3v) is 5.13. The van der Waals surface area contributed by atoms with Crippen LogP contribution in [0.15, 0.2) is 24.5 Å². The van der Waals surface area contributed by atoms with Gasteiger partial charge in [-0.15, -0.1) is 0 Å². The molecule has 0 N–H and O–H groups in total. The quantitative estimate of drug-likeness (QED) is 0.827. The number of rotatable bonds is 4. The van der Waals surface area contributed by atoms with Gasteiger partial charge in [-0.2, -0.15) is 17.0 Å². The Hall–Kier alpha value is -1.02. The van der Waals surface area contributed by atoms with Gasteiger partial charge < -0.3 is 4.74 Å².